The van der Waals surface area contributed by atoms with Crippen molar-refractivity contribution in [2.45, 2.75) is 67.5 Å². The lowest BCUT2D eigenvalue weighted by Crippen LogP contribution is -2.44. The van der Waals surface area contributed by atoms with E-state index in [0.717, 1.165) is 42.8 Å². The van der Waals surface area contributed by atoms with E-state index in [4.69, 9.17) is 26.9 Å². The number of morpholine rings is 1. The number of aromatic nitrogens is 2. The predicted molar refractivity (Wildman–Crippen MR) is 140 cm³/mol. The molecule has 1 aliphatic heterocycles. The molecule has 1 atom stereocenters. The SMILES string of the molecule is C[C@H]1COCCN1c1cc(C2(S(=O)(=O)C3CC3)CC2)nc(-c2ccc(NC(=S)NC3CC3)cc2)n1. The zero-order valence-corrected chi connectivity index (χ0v) is 21.5. The van der Waals surface area contributed by atoms with E-state index in [-0.39, 0.29) is 11.3 Å². The molecule has 0 unspecified atom stereocenters. The summed E-state index contributed by atoms with van der Waals surface area (Å²) in [6, 6.07) is 10.4. The van der Waals surface area contributed by atoms with Gasteiger partial charge < -0.3 is 20.3 Å². The van der Waals surface area contributed by atoms with Crippen LogP contribution in [0.15, 0.2) is 30.3 Å². The minimum absolute atomic E-state index is 0.154. The molecule has 1 aromatic carbocycles. The molecule has 10 heteroatoms. The van der Waals surface area contributed by atoms with Crippen LogP contribution in [-0.2, 0) is 19.3 Å². The first kappa shape index (κ1) is 23.1. The third-order valence-electron chi connectivity index (χ3n) is 7.37. The lowest BCUT2D eigenvalue weighted by molar-refractivity contribution is 0.0985. The molecule has 6 rings (SSSR count). The first-order valence-corrected chi connectivity index (χ1v) is 14.5. The standard InChI is InChI=1S/C25H31N5O3S2/c1-16-15-33-13-12-30(16)22-14-21(25(10-11-25)35(31,32)20-8-9-20)28-23(29-22)17-2-4-18(5-3-17)26-24(34)27-19-6-7-19/h2-5,14,16,19-20H,6-13,15H2,1H3,(H2,26,27,34)/t16-/m0/s1. The zero-order valence-electron chi connectivity index (χ0n) is 19.9. The quantitative estimate of drug-likeness (QED) is 0.540. The van der Waals surface area contributed by atoms with Crippen LogP contribution in [-0.4, -0.2) is 60.6 Å². The number of benzene rings is 1. The number of ether oxygens (including phenoxy) is 1. The number of nitrogens with zero attached hydrogens (tertiary/aromatic N) is 3. The van der Waals surface area contributed by atoms with Crippen LogP contribution in [0.4, 0.5) is 11.5 Å². The maximum Gasteiger partial charge on any atom is 0.170 e. The molecular weight excluding hydrogens is 482 g/mol. The van der Waals surface area contributed by atoms with Gasteiger partial charge >= 0.3 is 0 Å². The summed E-state index contributed by atoms with van der Waals surface area (Å²) in [5.41, 5.74) is 2.38. The van der Waals surface area contributed by atoms with E-state index >= 15 is 0 Å². The molecular formula is C25H31N5O3S2. The average Bonchev–Trinajstić information content (AvgIpc) is 3.70. The van der Waals surface area contributed by atoms with Crippen LogP contribution < -0.4 is 15.5 Å². The Hall–Kier alpha value is -2.30. The van der Waals surface area contributed by atoms with Gasteiger partial charge in [0.05, 0.1) is 30.2 Å². The van der Waals surface area contributed by atoms with Crippen LogP contribution in [0.5, 0.6) is 0 Å². The van der Waals surface area contributed by atoms with Gasteiger partial charge in [-0.3, -0.25) is 0 Å². The van der Waals surface area contributed by atoms with Crippen molar-refractivity contribution in [2.24, 2.45) is 0 Å². The Balaban J connectivity index is 1.34. The van der Waals surface area contributed by atoms with Gasteiger partial charge in [-0.05, 0) is 81.9 Å². The summed E-state index contributed by atoms with van der Waals surface area (Å²) in [7, 11) is -3.26. The molecule has 0 amide bonds. The van der Waals surface area contributed by atoms with E-state index in [1.54, 1.807) is 0 Å². The van der Waals surface area contributed by atoms with E-state index in [1.165, 1.54) is 0 Å². The normalized spacial score (nSPS) is 23.6. The number of hydrogen-bond donors (Lipinski definition) is 2. The third-order valence-corrected chi connectivity index (χ3v) is 10.6. The van der Waals surface area contributed by atoms with E-state index in [0.29, 0.717) is 55.3 Å². The van der Waals surface area contributed by atoms with Crippen molar-refractivity contribution >= 4 is 38.7 Å². The van der Waals surface area contributed by atoms with Crippen molar-refractivity contribution in [3.63, 3.8) is 0 Å². The molecule has 186 valence electrons. The third kappa shape index (κ3) is 4.51. The summed E-state index contributed by atoms with van der Waals surface area (Å²) in [5, 5.41) is 6.92. The Morgan fingerprint density at radius 2 is 1.89 bits per heavy atom. The van der Waals surface area contributed by atoms with Crippen molar-refractivity contribution in [1.29, 1.82) is 0 Å². The van der Waals surface area contributed by atoms with Crippen LogP contribution in [0.25, 0.3) is 11.4 Å². The highest BCUT2D eigenvalue weighted by molar-refractivity contribution is 7.93. The van der Waals surface area contributed by atoms with Crippen LogP contribution in [0.3, 0.4) is 0 Å². The molecule has 2 aromatic rings. The van der Waals surface area contributed by atoms with Crippen molar-refractivity contribution in [3.8, 4) is 11.4 Å². The minimum Gasteiger partial charge on any atom is -0.377 e. The van der Waals surface area contributed by atoms with Crippen LogP contribution in [0.1, 0.15) is 51.1 Å². The Morgan fingerprint density at radius 3 is 2.51 bits per heavy atom. The summed E-state index contributed by atoms with van der Waals surface area (Å²) >= 11 is 5.39. The Kier molecular flexibility index (Phi) is 5.73. The number of sulfone groups is 1. The largest absolute Gasteiger partial charge is 0.377 e. The summed E-state index contributed by atoms with van der Waals surface area (Å²) in [6.07, 6.45) is 5.12. The van der Waals surface area contributed by atoms with Crippen LogP contribution in [0.2, 0.25) is 0 Å². The van der Waals surface area contributed by atoms with Gasteiger partial charge in [0.1, 0.15) is 10.6 Å². The van der Waals surface area contributed by atoms with Crippen molar-refractivity contribution in [1.82, 2.24) is 15.3 Å². The topological polar surface area (TPSA) is 96.5 Å². The Bertz CT molecular complexity index is 1240. The van der Waals surface area contributed by atoms with Crippen LogP contribution >= 0.6 is 12.2 Å². The first-order chi connectivity index (χ1) is 16.9. The fourth-order valence-electron chi connectivity index (χ4n) is 4.79. The second kappa shape index (κ2) is 8.67. The van der Waals surface area contributed by atoms with Gasteiger partial charge in [-0.1, -0.05) is 0 Å². The fraction of sp³-hybridized carbons (Fsp3) is 0.560. The van der Waals surface area contributed by atoms with Gasteiger partial charge in [-0.2, -0.15) is 0 Å². The smallest absolute Gasteiger partial charge is 0.170 e. The van der Waals surface area contributed by atoms with Crippen molar-refractivity contribution in [3.05, 3.63) is 36.0 Å². The molecule has 35 heavy (non-hydrogen) atoms. The maximum atomic E-state index is 13.4. The second-order valence-electron chi connectivity index (χ2n) is 10.2. The van der Waals surface area contributed by atoms with Gasteiger partial charge in [-0.25, -0.2) is 18.4 Å². The number of thiocarbonyl (C=S) groups is 1. The monoisotopic (exact) mass is 513 g/mol. The van der Waals surface area contributed by atoms with Gasteiger partial charge in [0, 0.05) is 29.9 Å². The molecule has 8 nitrogen and oxygen atoms in total. The lowest BCUT2D eigenvalue weighted by Gasteiger charge is -2.34. The highest BCUT2D eigenvalue weighted by Gasteiger charge is 2.61. The molecule has 1 aromatic heterocycles. The van der Waals surface area contributed by atoms with E-state index in [9.17, 15) is 8.42 Å². The Labute approximate surface area is 211 Å². The average molecular weight is 514 g/mol. The maximum absolute atomic E-state index is 13.4. The summed E-state index contributed by atoms with van der Waals surface area (Å²) in [6.45, 7) is 4.07. The van der Waals surface area contributed by atoms with Gasteiger partial charge in [0.2, 0.25) is 0 Å². The predicted octanol–water partition coefficient (Wildman–Crippen LogP) is 3.38. The molecule has 4 aliphatic rings. The van der Waals surface area contributed by atoms with E-state index in [2.05, 4.69) is 22.5 Å². The summed E-state index contributed by atoms with van der Waals surface area (Å²) in [4.78, 5) is 12.0. The first-order valence-electron chi connectivity index (χ1n) is 12.5. The molecule has 4 fully saturated rings. The molecule has 0 bridgehead atoms. The second-order valence-corrected chi connectivity index (χ2v) is 13.2. The van der Waals surface area contributed by atoms with Crippen LogP contribution in [0, 0.1) is 0 Å². The molecule has 2 heterocycles. The zero-order chi connectivity index (χ0) is 24.2. The summed E-state index contributed by atoms with van der Waals surface area (Å²) < 4.78 is 31.5. The Morgan fingerprint density at radius 1 is 1.14 bits per heavy atom. The van der Waals surface area contributed by atoms with Crippen molar-refractivity contribution < 1.29 is 13.2 Å². The highest BCUT2D eigenvalue weighted by Crippen LogP contribution is 2.57. The van der Waals surface area contributed by atoms with Gasteiger partial charge in [0.25, 0.3) is 0 Å². The van der Waals surface area contributed by atoms with Gasteiger partial charge in [0.15, 0.2) is 20.8 Å². The number of hydrogen-bond acceptors (Lipinski definition) is 7. The number of anilines is 2. The fourth-order valence-corrected chi connectivity index (χ4v) is 7.54. The molecule has 1 saturated heterocycles. The molecule has 3 saturated carbocycles. The molecule has 0 radical (unpaired) electrons. The molecule has 3 aliphatic carbocycles. The number of nitrogens with one attached hydrogen (secondary N) is 2. The van der Waals surface area contributed by atoms with E-state index in [1.807, 2.05) is 30.3 Å². The molecule has 2 N–H and O–H groups in total. The highest BCUT2D eigenvalue weighted by atomic mass is 32.2. The van der Waals surface area contributed by atoms with E-state index < -0.39 is 14.6 Å². The number of rotatable bonds is 7. The lowest BCUT2D eigenvalue weighted by atomic mass is 10.1. The summed E-state index contributed by atoms with van der Waals surface area (Å²) in [5.74, 6) is 1.33. The van der Waals surface area contributed by atoms with Gasteiger partial charge in [-0.15, -0.1) is 0 Å². The minimum atomic E-state index is -3.26. The van der Waals surface area contributed by atoms with Crippen molar-refractivity contribution in [2.75, 3.05) is 30.0 Å². The molecule has 0 spiro atoms.